The number of para-hydroxylation sites is 2. The van der Waals surface area contributed by atoms with Gasteiger partial charge in [-0.3, -0.25) is 0 Å². The molecule has 0 fully saturated rings. The largest absolute Gasteiger partial charge is 0.398 e. The van der Waals surface area contributed by atoms with Crippen LogP contribution in [0.5, 0.6) is 0 Å². The molecule has 0 amide bonds. The Morgan fingerprint density at radius 2 is 1.60 bits per heavy atom. The van der Waals surface area contributed by atoms with Crippen molar-refractivity contribution in [3.05, 3.63) is 78.9 Å². The van der Waals surface area contributed by atoms with Gasteiger partial charge >= 0.3 is 0 Å². The van der Waals surface area contributed by atoms with Crippen molar-refractivity contribution in [3.63, 3.8) is 0 Å². The summed E-state index contributed by atoms with van der Waals surface area (Å²) in [6, 6.07) is 15.6. The molecule has 0 saturated carbocycles. The van der Waals surface area contributed by atoms with Gasteiger partial charge in [-0.25, -0.2) is 0 Å². The van der Waals surface area contributed by atoms with E-state index in [1.807, 2.05) is 54.6 Å². The summed E-state index contributed by atoms with van der Waals surface area (Å²) in [5.74, 6) is 0.0957. The third kappa shape index (κ3) is 2.75. The monoisotopic (exact) mass is 264 g/mol. The highest BCUT2D eigenvalue weighted by atomic mass is 14.6. The first-order valence-corrected chi connectivity index (χ1v) is 6.64. The molecule has 20 heavy (non-hydrogen) atoms. The smallest absolute Gasteiger partial charge is 0.0390 e. The quantitative estimate of drug-likeness (QED) is 0.627. The Bertz CT molecular complexity index is 629. The van der Waals surface area contributed by atoms with Crippen molar-refractivity contribution in [1.82, 2.24) is 0 Å². The zero-order chi connectivity index (χ0) is 14.5. The topological polar surface area (TPSA) is 52.0 Å². The minimum Gasteiger partial charge on any atom is -0.398 e. The van der Waals surface area contributed by atoms with E-state index >= 15 is 0 Å². The van der Waals surface area contributed by atoms with Crippen LogP contribution in [0, 0.1) is 0 Å². The van der Waals surface area contributed by atoms with Gasteiger partial charge in [0.1, 0.15) is 0 Å². The summed E-state index contributed by atoms with van der Waals surface area (Å²) in [4.78, 5) is 0. The lowest BCUT2D eigenvalue weighted by molar-refractivity contribution is 0.890. The van der Waals surface area contributed by atoms with Gasteiger partial charge in [-0.2, -0.15) is 0 Å². The predicted octanol–water partition coefficient (Wildman–Crippen LogP) is 4.22. The van der Waals surface area contributed by atoms with Crippen molar-refractivity contribution in [2.45, 2.75) is 12.3 Å². The lowest BCUT2D eigenvalue weighted by Gasteiger charge is -2.21. The maximum absolute atomic E-state index is 6.10. The molecule has 4 N–H and O–H groups in total. The van der Waals surface area contributed by atoms with Crippen LogP contribution in [-0.4, -0.2) is 0 Å². The van der Waals surface area contributed by atoms with Gasteiger partial charge < -0.3 is 11.5 Å². The lowest BCUT2D eigenvalue weighted by Crippen LogP contribution is -2.05. The molecule has 0 spiro atoms. The Balaban J connectivity index is 2.44. The van der Waals surface area contributed by atoms with Crippen molar-refractivity contribution >= 4 is 16.9 Å². The highest BCUT2D eigenvalue weighted by molar-refractivity contribution is 5.79. The van der Waals surface area contributed by atoms with Crippen molar-refractivity contribution in [2.24, 2.45) is 0 Å². The molecule has 0 heterocycles. The van der Waals surface area contributed by atoms with Gasteiger partial charge in [0.15, 0.2) is 0 Å². The van der Waals surface area contributed by atoms with Gasteiger partial charge in [-0.05, 0) is 29.7 Å². The molecular weight excluding hydrogens is 244 g/mol. The average Bonchev–Trinajstić information content (AvgIpc) is 2.46. The normalized spacial score (nSPS) is 11.8. The third-order valence-electron chi connectivity index (χ3n) is 3.50. The lowest BCUT2D eigenvalue weighted by atomic mass is 9.84. The molecule has 2 nitrogen and oxygen atoms in total. The minimum atomic E-state index is 0.0957. The van der Waals surface area contributed by atoms with Crippen molar-refractivity contribution in [1.29, 1.82) is 0 Å². The van der Waals surface area contributed by atoms with Crippen LogP contribution >= 0.6 is 0 Å². The number of allylic oxidation sites excluding steroid dienone is 2. The first-order chi connectivity index (χ1) is 9.65. The molecule has 0 aliphatic heterocycles. The van der Waals surface area contributed by atoms with Crippen molar-refractivity contribution in [2.75, 3.05) is 11.5 Å². The van der Waals surface area contributed by atoms with Crippen LogP contribution < -0.4 is 11.5 Å². The van der Waals surface area contributed by atoms with Gasteiger partial charge in [0.05, 0.1) is 0 Å². The maximum Gasteiger partial charge on any atom is 0.0390 e. The van der Waals surface area contributed by atoms with E-state index in [1.165, 1.54) is 0 Å². The number of anilines is 2. The summed E-state index contributed by atoms with van der Waals surface area (Å²) >= 11 is 0. The standard InChI is InChI=1S/C18H20N2/c1-3-8-14(16-10-5-7-12-18(16)20)13(2)15-9-4-6-11-17(15)19/h3-7,9-12,14H,1-2,8,19-20H2. The molecule has 0 radical (unpaired) electrons. The van der Waals surface area contributed by atoms with Gasteiger partial charge in [-0.1, -0.05) is 49.1 Å². The summed E-state index contributed by atoms with van der Waals surface area (Å²) in [5.41, 5.74) is 16.7. The first-order valence-electron chi connectivity index (χ1n) is 6.64. The fourth-order valence-electron chi connectivity index (χ4n) is 2.43. The van der Waals surface area contributed by atoms with Crippen LogP contribution in [0.3, 0.4) is 0 Å². The Labute approximate surface area is 120 Å². The van der Waals surface area contributed by atoms with Crippen LogP contribution in [-0.2, 0) is 0 Å². The van der Waals surface area contributed by atoms with Crippen molar-refractivity contribution in [3.8, 4) is 0 Å². The Morgan fingerprint density at radius 1 is 1.00 bits per heavy atom. The summed E-state index contributed by atoms with van der Waals surface area (Å²) in [6.45, 7) is 8.08. The molecule has 0 aromatic heterocycles. The SMILES string of the molecule is C=CCC(C(=C)c1ccccc1N)c1ccccc1N. The fraction of sp³-hybridized carbons (Fsp3) is 0.111. The molecule has 1 unspecified atom stereocenters. The molecule has 0 saturated heterocycles. The Morgan fingerprint density at radius 3 is 2.20 bits per heavy atom. The van der Waals surface area contributed by atoms with E-state index < -0.39 is 0 Å². The molecule has 0 aliphatic carbocycles. The zero-order valence-electron chi connectivity index (χ0n) is 11.5. The number of hydrogen-bond donors (Lipinski definition) is 2. The average molecular weight is 264 g/mol. The Kier molecular flexibility index (Phi) is 4.26. The zero-order valence-corrected chi connectivity index (χ0v) is 11.5. The van der Waals surface area contributed by atoms with E-state index in [1.54, 1.807) is 0 Å². The van der Waals surface area contributed by atoms with Crippen LogP contribution in [0.25, 0.3) is 5.57 Å². The summed E-state index contributed by atoms with van der Waals surface area (Å²) in [7, 11) is 0. The van der Waals surface area contributed by atoms with Gasteiger partial charge in [-0.15, -0.1) is 6.58 Å². The minimum absolute atomic E-state index is 0.0957. The van der Waals surface area contributed by atoms with E-state index in [9.17, 15) is 0 Å². The number of nitrogen functional groups attached to an aromatic ring is 2. The van der Waals surface area contributed by atoms with Gasteiger partial charge in [0.2, 0.25) is 0 Å². The molecule has 2 aromatic rings. The molecule has 102 valence electrons. The van der Waals surface area contributed by atoms with E-state index in [0.717, 1.165) is 34.5 Å². The Hall–Kier alpha value is -2.48. The van der Waals surface area contributed by atoms with E-state index in [2.05, 4.69) is 13.2 Å². The predicted molar refractivity (Wildman–Crippen MR) is 88.3 cm³/mol. The fourth-order valence-corrected chi connectivity index (χ4v) is 2.43. The number of benzene rings is 2. The number of nitrogens with two attached hydrogens (primary N) is 2. The molecule has 2 heteroatoms. The number of hydrogen-bond acceptors (Lipinski definition) is 2. The van der Waals surface area contributed by atoms with Crippen LogP contribution in [0.4, 0.5) is 11.4 Å². The van der Waals surface area contributed by atoms with E-state index in [-0.39, 0.29) is 5.92 Å². The van der Waals surface area contributed by atoms with Gasteiger partial charge in [0.25, 0.3) is 0 Å². The summed E-state index contributed by atoms with van der Waals surface area (Å²) < 4.78 is 0. The second kappa shape index (κ2) is 6.11. The highest BCUT2D eigenvalue weighted by Crippen LogP contribution is 2.38. The second-order valence-corrected chi connectivity index (χ2v) is 4.82. The van der Waals surface area contributed by atoms with Crippen LogP contribution in [0.1, 0.15) is 23.5 Å². The van der Waals surface area contributed by atoms with Crippen molar-refractivity contribution < 1.29 is 0 Å². The van der Waals surface area contributed by atoms with Crippen LogP contribution in [0.15, 0.2) is 67.8 Å². The van der Waals surface area contributed by atoms with Gasteiger partial charge in [0, 0.05) is 22.9 Å². The third-order valence-corrected chi connectivity index (χ3v) is 3.50. The number of rotatable bonds is 5. The molecule has 0 bridgehead atoms. The first kappa shape index (κ1) is 13.9. The molecule has 2 rings (SSSR count). The molecule has 1 atom stereocenters. The van der Waals surface area contributed by atoms with E-state index in [0.29, 0.717) is 0 Å². The molecule has 2 aromatic carbocycles. The summed E-state index contributed by atoms with van der Waals surface area (Å²) in [6.07, 6.45) is 2.67. The maximum atomic E-state index is 6.10. The van der Waals surface area contributed by atoms with Crippen LogP contribution in [0.2, 0.25) is 0 Å². The highest BCUT2D eigenvalue weighted by Gasteiger charge is 2.18. The van der Waals surface area contributed by atoms with E-state index in [4.69, 9.17) is 11.5 Å². The molecule has 0 aliphatic rings. The second-order valence-electron chi connectivity index (χ2n) is 4.82. The summed E-state index contributed by atoms with van der Waals surface area (Å²) in [5, 5.41) is 0. The molecular formula is C18H20N2.